The van der Waals surface area contributed by atoms with E-state index >= 15 is 0 Å². The number of hydrogen-bond acceptors (Lipinski definition) is 5. The Balaban J connectivity index is 1.97. The number of thiophene rings is 1. The molecule has 0 atom stereocenters. The van der Waals surface area contributed by atoms with E-state index in [2.05, 4.69) is 20.3 Å². The molecule has 0 amide bonds. The highest BCUT2D eigenvalue weighted by Gasteiger charge is 2.19. The van der Waals surface area contributed by atoms with Crippen LogP contribution in [-0.4, -0.2) is 29.4 Å². The van der Waals surface area contributed by atoms with Gasteiger partial charge in [0.25, 0.3) is 0 Å². The smallest absolute Gasteiger partial charge is 0.200 e. The van der Waals surface area contributed by atoms with Crippen LogP contribution in [0.15, 0.2) is 36.7 Å². The monoisotopic (exact) mass is 338 g/mol. The van der Waals surface area contributed by atoms with Gasteiger partial charge in [-0.15, -0.1) is 11.3 Å². The molecule has 1 N–H and O–H groups in total. The molecule has 1 aromatic carbocycles. The zero-order valence-electron chi connectivity index (χ0n) is 12.0. The van der Waals surface area contributed by atoms with Crippen molar-refractivity contribution in [3.05, 3.63) is 47.1 Å². The van der Waals surface area contributed by atoms with Crippen molar-refractivity contribution in [1.82, 2.24) is 29.4 Å². The average Bonchev–Trinajstić information content (AvgIpc) is 3.22. The number of para-hydroxylation sites is 1. The molecule has 0 aliphatic heterocycles. The van der Waals surface area contributed by atoms with Crippen LogP contribution in [0.4, 0.5) is 0 Å². The fourth-order valence-electron chi connectivity index (χ4n) is 2.84. The Morgan fingerprint density at radius 3 is 2.87 bits per heavy atom. The van der Waals surface area contributed by atoms with Gasteiger partial charge in [0.15, 0.2) is 5.65 Å². The molecule has 5 rings (SSSR count). The van der Waals surface area contributed by atoms with Gasteiger partial charge >= 0.3 is 0 Å². The lowest BCUT2D eigenvalue weighted by Crippen LogP contribution is -1.94. The Morgan fingerprint density at radius 1 is 1.22 bits per heavy atom. The van der Waals surface area contributed by atoms with Crippen LogP contribution in [0.25, 0.3) is 31.8 Å². The summed E-state index contributed by atoms with van der Waals surface area (Å²) in [5.41, 5.74) is 3.72. The van der Waals surface area contributed by atoms with Crippen molar-refractivity contribution >= 4 is 49.6 Å². The van der Waals surface area contributed by atoms with Crippen LogP contribution >= 0.6 is 23.6 Å². The van der Waals surface area contributed by atoms with Gasteiger partial charge in [-0.1, -0.05) is 18.2 Å². The SMILES string of the molecule is Cc1nn(-c2ccccc2)c2sc3c(ncn4c(=S)[nH]nc34)c12. The molecular weight excluding hydrogens is 328 g/mol. The standard InChI is InChI=1S/C15H10N6S2/c1-8-10-11-12(13-17-18-15(22)20(13)7-16-11)23-14(10)21(19-8)9-5-3-2-4-6-9/h2-7H,1H3,(H,18,22). The van der Waals surface area contributed by atoms with Gasteiger partial charge in [-0.3, -0.25) is 9.50 Å². The maximum atomic E-state index is 5.23. The topological polar surface area (TPSA) is 63.8 Å². The van der Waals surface area contributed by atoms with E-state index in [1.54, 1.807) is 22.1 Å². The molecule has 23 heavy (non-hydrogen) atoms. The molecule has 0 radical (unpaired) electrons. The average molecular weight is 338 g/mol. The Labute approximate surface area is 139 Å². The number of hydrogen-bond donors (Lipinski definition) is 1. The summed E-state index contributed by atoms with van der Waals surface area (Å²) in [6.45, 7) is 2.01. The normalized spacial score (nSPS) is 11.9. The predicted octanol–water partition coefficient (Wildman–Crippen LogP) is 3.65. The highest BCUT2D eigenvalue weighted by Crippen LogP contribution is 2.37. The number of aromatic amines is 1. The van der Waals surface area contributed by atoms with Crippen molar-refractivity contribution in [3.8, 4) is 5.69 Å². The van der Waals surface area contributed by atoms with Crippen LogP contribution in [0.5, 0.6) is 0 Å². The third kappa shape index (κ3) is 1.67. The summed E-state index contributed by atoms with van der Waals surface area (Å²) in [5.74, 6) is 0. The van der Waals surface area contributed by atoms with E-state index in [9.17, 15) is 0 Å². The molecule has 0 aliphatic carbocycles. The molecule has 6 nitrogen and oxygen atoms in total. The lowest BCUT2D eigenvalue weighted by molar-refractivity contribution is 0.894. The third-order valence-corrected chi connectivity index (χ3v) is 5.32. The Hall–Kier alpha value is -2.58. The molecule has 0 aliphatic rings. The van der Waals surface area contributed by atoms with Crippen molar-refractivity contribution in [2.45, 2.75) is 6.92 Å². The van der Waals surface area contributed by atoms with E-state index in [1.807, 2.05) is 41.9 Å². The summed E-state index contributed by atoms with van der Waals surface area (Å²) in [6.07, 6.45) is 1.72. The number of aryl methyl sites for hydroxylation is 1. The fraction of sp³-hybridized carbons (Fsp3) is 0.0667. The van der Waals surface area contributed by atoms with Crippen LogP contribution in [-0.2, 0) is 0 Å². The third-order valence-electron chi connectivity index (χ3n) is 3.88. The van der Waals surface area contributed by atoms with Gasteiger partial charge in [-0.25, -0.2) is 9.67 Å². The van der Waals surface area contributed by atoms with E-state index in [4.69, 9.17) is 12.2 Å². The molecule has 0 spiro atoms. The first kappa shape index (κ1) is 12.9. The minimum Gasteiger partial charge on any atom is -0.257 e. The van der Waals surface area contributed by atoms with Crippen molar-refractivity contribution in [2.24, 2.45) is 0 Å². The van der Waals surface area contributed by atoms with E-state index in [1.165, 1.54) is 0 Å². The molecule has 5 aromatic rings. The van der Waals surface area contributed by atoms with Crippen molar-refractivity contribution in [3.63, 3.8) is 0 Å². The second kappa shape index (κ2) is 4.46. The first-order valence-corrected chi connectivity index (χ1v) is 8.25. The number of rotatable bonds is 1. The van der Waals surface area contributed by atoms with Gasteiger partial charge in [-0.2, -0.15) is 10.2 Å². The molecule has 4 aromatic heterocycles. The van der Waals surface area contributed by atoms with E-state index in [-0.39, 0.29) is 0 Å². The first-order chi connectivity index (χ1) is 11.2. The van der Waals surface area contributed by atoms with E-state index < -0.39 is 0 Å². The molecule has 0 saturated carbocycles. The quantitative estimate of drug-likeness (QED) is 0.474. The largest absolute Gasteiger partial charge is 0.257 e. The fourth-order valence-corrected chi connectivity index (χ4v) is 4.28. The van der Waals surface area contributed by atoms with Gasteiger partial charge in [0.1, 0.15) is 15.9 Å². The summed E-state index contributed by atoms with van der Waals surface area (Å²) in [7, 11) is 0. The Kier molecular flexibility index (Phi) is 2.51. The lowest BCUT2D eigenvalue weighted by Gasteiger charge is -2.00. The minimum atomic E-state index is 0.549. The summed E-state index contributed by atoms with van der Waals surface area (Å²) in [6, 6.07) is 10.1. The summed E-state index contributed by atoms with van der Waals surface area (Å²) < 4.78 is 5.32. The Bertz CT molecular complexity index is 1240. The number of benzene rings is 1. The highest BCUT2D eigenvalue weighted by molar-refractivity contribution is 7.71. The summed E-state index contributed by atoms with van der Waals surface area (Å²) >= 11 is 6.87. The van der Waals surface area contributed by atoms with Crippen LogP contribution in [0.2, 0.25) is 0 Å². The molecule has 0 bridgehead atoms. The molecular formula is C15H10N6S2. The minimum absolute atomic E-state index is 0.549. The van der Waals surface area contributed by atoms with Crippen molar-refractivity contribution < 1.29 is 0 Å². The molecule has 0 fully saturated rings. The second-order valence-electron chi connectivity index (χ2n) is 5.26. The molecule has 4 heterocycles. The van der Waals surface area contributed by atoms with Gasteiger partial charge < -0.3 is 0 Å². The van der Waals surface area contributed by atoms with Crippen LogP contribution in [0.3, 0.4) is 0 Å². The number of fused-ring (bicyclic) bond motifs is 5. The summed E-state index contributed by atoms with van der Waals surface area (Å²) in [5, 5.41) is 12.9. The van der Waals surface area contributed by atoms with Gasteiger partial charge in [-0.05, 0) is 31.3 Å². The Morgan fingerprint density at radius 2 is 2.04 bits per heavy atom. The molecule has 112 valence electrons. The maximum Gasteiger partial charge on any atom is 0.200 e. The summed E-state index contributed by atoms with van der Waals surface area (Å²) in [4.78, 5) is 5.66. The lowest BCUT2D eigenvalue weighted by atomic mass is 10.3. The number of aromatic nitrogens is 6. The van der Waals surface area contributed by atoms with Gasteiger partial charge in [0.05, 0.1) is 22.3 Å². The number of nitrogens with one attached hydrogen (secondary N) is 1. The highest BCUT2D eigenvalue weighted by atomic mass is 32.1. The van der Waals surface area contributed by atoms with Crippen molar-refractivity contribution in [2.75, 3.05) is 0 Å². The number of H-pyrrole nitrogens is 1. The van der Waals surface area contributed by atoms with Gasteiger partial charge in [0, 0.05) is 0 Å². The predicted molar refractivity (Wildman–Crippen MR) is 92.9 cm³/mol. The van der Waals surface area contributed by atoms with Crippen LogP contribution in [0, 0.1) is 11.7 Å². The molecule has 8 heteroatoms. The molecule has 0 saturated heterocycles. The van der Waals surface area contributed by atoms with E-state index in [0.717, 1.165) is 37.5 Å². The van der Waals surface area contributed by atoms with Crippen LogP contribution < -0.4 is 0 Å². The zero-order chi connectivity index (χ0) is 15.6. The van der Waals surface area contributed by atoms with E-state index in [0.29, 0.717) is 4.77 Å². The number of nitrogens with zero attached hydrogens (tertiary/aromatic N) is 5. The first-order valence-electron chi connectivity index (χ1n) is 7.03. The zero-order valence-corrected chi connectivity index (χ0v) is 13.6. The van der Waals surface area contributed by atoms with Crippen molar-refractivity contribution in [1.29, 1.82) is 0 Å². The van der Waals surface area contributed by atoms with Crippen LogP contribution in [0.1, 0.15) is 5.69 Å². The maximum absolute atomic E-state index is 5.23. The second-order valence-corrected chi connectivity index (χ2v) is 6.65. The molecule has 0 unspecified atom stereocenters. The van der Waals surface area contributed by atoms with Gasteiger partial charge in [0.2, 0.25) is 4.77 Å².